The highest BCUT2D eigenvalue weighted by Gasteiger charge is 2.14. The third kappa shape index (κ3) is 3.13. The fourth-order valence-electron chi connectivity index (χ4n) is 2.00. The average molecular weight is 334 g/mol. The van der Waals surface area contributed by atoms with E-state index in [1.165, 1.54) is 12.1 Å². The van der Waals surface area contributed by atoms with Gasteiger partial charge in [-0.3, -0.25) is 4.72 Å². The normalized spacial score (nSPS) is 11.3. The van der Waals surface area contributed by atoms with Gasteiger partial charge in [-0.2, -0.15) is 0 Å². The fourth-order valence-corrected chi connectivity index (χ4v) is 3.35. The summed E-state index contributed by atoms with van der Waals surface area (Å²) in [5, 5.41) is 0.368. The lowest BCUT2D eigenvalue weighted by atomic mass is 10.2. The second kappa shape index (κ2) is 5.82. The number of aromatic nitrogens is 2. The highest BCUT2D eigenvalue weighted by Crippen LogP contribution is 2.23. The standard InChI is InChI=1S/C15H12ClN3O2S/c16-12-4-2-6-14(10-12)22(20,21)19-13-5-1-3-11(9-13)15-17-7-8-18-15/h1-10,19H,(H,17,18). The molecule has 0 saturated heterocycles. The number of nitrogens with zero attached hydrogens (tertiary/aromatic N) is 1. The molecule has 2 aromatic carbocycles. The number of anilines is 1. The maximum Gasteiger partial charge on any atom is 0.261 e. The number of H-pyrrole nitrogens is 1. The molecule has 112 valence electrons. The molecule has 0 aliphatic rings. The zero-order valence-corrected chi connectivity index (χ0v) is 12.9. The van der Waals surface area contributed by atoms with E-state index in [2.05, 4.69) is 14.7 Å². The number of rotatable bonds is 4. The Kier molecular flexibility index (Phi) is 3.87. The SMILES string of the molecule is O=S(=O)(Nc1cccc(-c2ncc[nH]2)c1)c1cccc(Cl)c1. The van der Waals surface area contributed by atoms with Crippen molar-refractivity contribution in [3.63, 3.8) is 0 Å². The van der Waals surface area contributed by atoms with Crippen molar-refractivity contribution in [2.45, 2.75) is 4.90 Å². The molecule has 2 N–H and O–H groups in total. The quantitative estimate of drug-likeness (QED) is 0.767. The van der Waals surface area contributed by atoms with Crippen molar-refractivity contribution in [1.82, 2.24) is 9.97 Å². The lowest BCUT2D eigenvalue weighted by molar-refractivity contribution is 0.601. The molecule has 3 rings (SSSR count). The molecular formula is C15H12ClN3O2S. The second-order valence-electron chi connectivity index (χ2n) is 4.58. The summed E-state index contributed by atoms with van der Waals surface area (Å²) in [6.07, 6.45) is 3.34. The van der Waals surface area contributed by atoms with Crippen LogP contribution in [-0.4, -0.2) is 18.4 Å². The van der Waals surface area contributed by atoms with Gasteiger partial charge in [0.2, 0.25) is 0 Å². The molecule has 0 saturated carbocycles. The molecule has 1 aromatic heterocycles. The number of imidazole rings is 1. The predicted octanol–water partition coefficient (Wildman–Crippen LogP) is 3.53. The van der Waals surface area contributed by atoms with Crippen molar-refractivity contribution in [1.29, 1.82) is 0 Å². The minimum absolute atomic E-state index is 0.114. The Hall–Kier alpha value is -2.31. The number of nitrogens with one attached hydrogen (secondary N) is 2. The van der Waals surface area contributed by atoms with Crippen LogP contribution in [0.3, 0.4) is 0 Å². The van der Waals surface area contributed by atoms with E-state index in [1.54, 1.807) is 42.7 Å². The molecule has 0 aliphatic heterocycles. The van der Waals surface area contributed by atoms with E-state index in [0.717, 1.165) is 5.56 Å². The van der Waals surface area contributed by atoms with Gasteiger partial charge in [0.05, 0.1) is 4.90 Å². The minimum Gasteiger partial charge on any atom is -0.345 e. The first kappa shape index (κ1) is 14.6. The van der Waals surface area contributed by atoms with E-state index in [9.17, 15) is 8.42 Å². The zero-order valence-electron chi connectivity index (χ0n) is 11.3. The van der Waals surface area contributed by atoms with Gasteiger partial charge in [0.25, 0.3) is 10.0 Å². The summed E-state index contributed by atoms with van der Waals surface area (Å²) >= 11 is 5.84. The summed E-state index contributed by atoms with van der Waals surface area (Å²) in [5.74, 6) is 0.670. The molecular weight excluding hydrogens is 322 g/mol. The van der Waals surface area contributed by atoms with Gasteiger partial charge in [0, 0.05) is 28.7 Å². The molecule has 7 heteroatoms. The van der Waals surface area contributed by atoms with E-state index in [1.807, 2.05) is 6.07 Å². The smallest absolute Gasteiger partial charge is 0.261 e. The molecule has 0 aliphatic carbocycles. The number of hydrogen-bond donors (Lipinski definition) is 2. The van der Waals surface area contributed by atoms with Crippen LogP contribution < -0.4 is 4.72 Å². The second-order valence-corrected chi connectivity index (χ2v) is 6.70. The Balaban J connectivity index is 1.91. The molecule has 0 spiro atoms. The number of halogens is 1. The van der Waals surface area contributed by atoms with Crippen molar-refractivity contribution in [2.24, 2.45) is 0 Å². The van der Waals surface area contributed by atoms with Crippen molar-refractivity contribution >= 4 is 27.3 Å². The topological polar surface area (TPSA) is 74.8 Å². The van der Waals surface area contributed by atoms with Crippen molar-refractivity contribution in [3.8, 4) is 11.4 Å². The minimum atomic E-state index is -3.69. The molecule has 0 bridgehead atoms. The molecule has 22 heavy (non-hydrogen) atoms. The monoisotopic (exact) mass is 333 g/mol. The van der Waals surface area contributed by atoms with E-state index in [0.29, 0.717) is 16.5 Å². The Morgan fingerprint density at radius 1 is 1.09 bits per heavy atom. The summed E-state index contributed by atoms with van der Waals surface area (Å²) in [6, 6.07) is 13.1. The van der Waals surface area contributed by atoms with Gasteiger partial charge in [-0.05, 0) is 30.3 Å². The summed E-state index contributed by atoms with van der Waals surface area (Å²) in [6.45, 7) is 0. The number of aromatic amines is 1. The summed E-state index contributed by atoms with van der Waals surface area (Å²) in [7, 11) is -3.69. The van der Waals surface area contributed by atoms with Crippen LogP contribution in [0.5, 0.6) is 0 Å². The molecule has 0 atom stereocenters. The fraction of sp³-hybridized carbons (Fsp3) is 0. The molecule has 5 nitrogen and oxygen atoms in total. The van der Waals surface area contributed by atoms with Gasteiger partial charge in [-0.1, -0.05) is 29.8 Å². The van der Waals surface area contributed by atoms with E-state index < -0.39 is 10.0 Å². The largest absolute Gasteiger partial charge is 0.345 e. The lowest BCUT2D eigenvalue weighted by Gasteiger charge is -2.09. The van der Waals surface area contributed by atoms with Crippen LogP contribution in [0.1, 0.15) is 0 Å². The van der Waals surface area contributed by atoms with Gasteiger partial charge < -0.3 is 4.98 Å². The molecule has 0 unspecified atom stereocenters. The van der Waals surface area contributed by atoms with E-state index in [-0.39, 0.29) is 4.90 Å². The van der Waals surface area contributed by atoms with Crippen molar-refractivity contribution < 1.29 is 8.42 Å². The van der Waals surface area contributed by atoms with E-state index in [4.69, 9.17) is 11.6 Å². The number of hydrogen-bond acceptors (Lipinski definition) is 3. The Morgan fingerprint density at radius 2 is 1.91 bits per heavy atom. The molecule has 0 fully saturated rings. The third-order valence-electron chi connectivity index (χ3n) is 2.99. The Labute approximate surface area is 133 Å². The third-order valence-corrected chi connectivity index (χ3v) is 4.61. The van der Waals surface area contributed by atoms with Gasteiger partial charge in [-0.15, -0.1) is 0 Å². The van der Waals surface area contributed by atoms with Crippen LogP contribution in [0.2, 0.25) is 5.02 Å². The van der Waals surface area contributed by atoms with Crippen LogP contribution in [0.15, 0.2) is 65.8 Å². The van der Waals surface area contributed by atoms with Crippen LogP contribution >= 0.6 is 11.6 Å². The zero-order chi connectivity index (χ0) is 15.6. The van der Waals surface area contributed by atoms with Crippen LogP contribution in [0.4, 0.5) is 5.69 Å². The highest BCUT2D eigenvalue weighted by molar-refractivity contribution is 7.92. The molecule has 1 heterocycles. The van der Waals surface area contributed by atoms with Gasteiger partial charge in [0.15, 0.2) is 0 Å². The first-order chi connectivity index (χ1) is 10.5. The Bertz CT molecular complexity index is 893. The number of benzene rings is 2. The van der Waals surface area contributed by atoms with Crippen LogP contribution in [0.25, 0.3) is 11.4 Å². The average Bonchev–Trinajstić information content (AvgIpc) is 3.01. The maximum absolute atomic E-state index is 12.4. The first-order valence-electron chi connectivity index (χ1n) is 6.43. The van der Waals surface area contributed by atoms with E-state index >= 15 is 0 Å². The summed E-state index contributed by atoms with van der Waals surface area (Å²) in [5.41, 5.74) is 1.24. The highest BCUT2D eigenvalue weighted by atomic mass is 35.5. The summed E-state index contributed by atoms with van der Waals surface area (Å²) in [4.78, 5) is 7.23. The molecule has 0 amide bonds. The number of sulfonamides is 1. The predicted molar refractivity (Wildman–Crippen MR) is 86.3 cm³/mol. The molecule has 0 radical (unpaired) electrons. The van der Waals surface area contributed by atoms with Crippen LogP contribution in [-0.2, 0) is 10.0 Å². The van der Waals surface area contributed by atoms with Gasteiger partial charge >= 0.3 is 0 Å². The van der Waals surface area contributed by atoms with Crippen molar-refractivity contribution in [2.75, 3.05) is 4.72 Å². The van der Waals surface area contributed by atoms with Gasteiger partial charge in [0.1, 0.15) is 5.82 Å². The maximum atomic E-state index is 12.4. The lowest BCUT2D eigenvalue weighted by Crippen LogP contribution is -2.12. The first-order valence-corrected chi connectivity index (χ1v) is 8.29. The van der Waals surface area contributed by atoms with Crippen LogP contribution in [0, 0.1) is 0 Å². The summed E-state index contributed by atoms with van der Waals surface area (Å²) < 4.78 is 27.3. The molecule has 3 aromatic rings. The Morgan fingerprint density at radius 3 is 2.64 bits per heavy atom. The van der Waals surface area contributed by atoms with Crippen molar-refractivity contribution in [3.05, 3.63) is 65.9 Å². The van der Waals surface area contributed by atoms with Gasteiger partial charge in [-0.25, -0.2) is 13.4 Å².